The number of hydrogen-bond acceptors (Lipinski definition) is 8. The van der Waals surface area contributed by atoms with Crippen molar-refractivity contribution in [2.45, 2.75) is 69.7 Å². The second kappa shape index (κ2) is 13.9. The Labute approximate surface area is 239 Å². The molecule has 39 heavy (non-hydrogen) atoms. The summed E-state index contributed by atoms with van der Waals surface area (Å²) >= 11 is 6.89. The van der Waals surface area contributed by atoms with Gasteiger partial charge in [-0.05, 0) is 42.1 Å². The highest BCUT2D eigenvalue weighted by atomic mass is 32.2. The molecule has 6 nitrogen and oxygen atoms in total. The van der Waals surface area contributed by atoms with Crippen molar-refractivity contribution in [3.05, 3.63) is 108 Å². The molecule has 0 aromatic heterocycles. The van der Waals surface area contributed by atoms with Crippen molar-refractivity contribution in [1.82, 2.24) is 0 Å². The van der Waals surface area contributed by atoms with Gasteiger partial charge in [-0.25, -0.2) is 0 Å². The largest absolute Gasteiger partial charge is 0.469 e. The second-order valence-corrected chi connectivity index (χ2v) is 11.0. The van der Waals surface area contributed by atoms with E-state index in [4.69, 9.17) is 40.6 Å². The molecule has 1 aliphatic carbocycles. The van der Waals surface area contributed by atoms with E-state index in [9.17, 15) is 0 Å². The molecule has 1 aliphatic heterocycles. The first-order chi connectivity index (χ1) is 19.1. The zero-order chi connectivity index (χ0) is 27.0. The molecule has 1 heterocycles. The molecule has 3 unspecified atom stereocenters. The van der Waals surface area contributed by atoms with Crippen LogP contribution in [0.1, 0.15) is 23.6 Å². The zero-order valence-corrected chi connectivity index (χ0v) is 23.7. The van der Waals surface area contributed by atoms with Gasteiger partial charge in [0.1, 0.15) is 30.5 Å². The van der Waals surface area contributed by atoms with Crippen LogP contribution in [0.5, 0.6) is 0 Å². The second-order valence-electron chi connectivity index (χ2n) is 9.59. The molecule has 3 aromatic rings. The average molecular weight is 567 g/mol. The van der Waals surface area contributed by atoms with Gasteiger partial charge in [-0.15, -0.1) is 0 Å². The molecular weight excluding hydrogens is 532 g/mol. The molecule has 1 saturated carbocycles. The van der Waals surface area contributed by atoms with Gasteiger partial charge < -0.3 is 28.4 Å². The van der Waals surface area contributed by atoms with Crippen LogP contribution >= 0.6 is 24.0 Å². The van der Waals surface area contributed by atoms with E-state index in [2.05, 4.69) is 0 Å². The molecular formula is C31H34O6S2. The summed E-state index contributed by atoms with van der Waals surface area (Å²) in [5.41, 5.74) is 3.16. The van der Waals surface area contributed by atoms with Gasteiger partial charge in [0.05, 0.1) is 19.8 Å². The maximum atomic E-state index is 6.59. The molecule has 3 aromatic carbocycles. The predicted octanol–water partition coefficient (Wildman–Crippen LogP) is 5.92. The molecule has 0 amide bonds. The first-order valence-corrected chi connectivity index (χ1v) is 14.8. The first kappa shape index (κ1) is 28.2. The molecule has 1 saturated heterocycles. The van der Waals surface area contributed by atoms with Crippen molar-refractivity contribution in [3.8, 4) is 0 Å². The number of ether oxygens (including phenoxy) is 6. The van der Waals surface area contributed by atoms with Gasteiger partial charge in [-0.2, -0.15) is 0 Å². The number of hydrogen-bond donors (Lipinski definition) is 0. The summed E-state index contributed by atoms with van der Waals surface area (Å²) in [5, 5.41) is 0. The van der Waals surface area contributed by atoms with Crippen molar-refractivity contribution in [1.29, 1.82) is 0 Å². The highest BCUT2D eigenvalue weighted by molar-refractivity contribution is 8.22. The molecule has 206 valence electrons. The first-order valence-electron chi connectivity index (χ1n) is 13.1. The summed E-state index contributed by atoms with van der Waals surface area (Å²) in [6, 6.07) is 30.2. The zero-order valence-electron chi connectivity index (χ0n) is 22.1. The lowest BCUT2D eigenvalue weighted by molar-refractivity contribution is -0.363. The van der Waals surface area contributed by atoms with Crippen molar-refractivity contribution in [2.75, 3.05) is 6.26 Å². The lowest BCUT2D eigenvalue weighted by atomic mass is 9.83. The summed E-state index contributed by atoms with van der Waals surface area (Å²) in [6.45, 7) is 3.07. The topological polar surface area (TPSA) is 55.4 Å². The molecule has 0 radical (unpaired) electrons. The number of benzene rings is 3. The highest BCUT2D eigenvalue weighted by Gasteiger charge is 2.59. The van der Waals surface area contributed by atoms with Gasteiger partial charge in [-0.1, -0.05) is 103 Å². The van der Waals surface area contributed by atoms with Crippen LogP contribution in [0, 0.1) is 0 Å². The minimum absolute atomic E-state index is 0.383. The van der Waals surface area contributed by atoms with Crippen LogP contribution in [0.3, 0.4) is 0 Å². The van der Waals surface area contributed by atoms with Crippen molar-refractivity contribution in [2.24, 2.45) is 0 Å². The number of thioether (sulfide) groups is 1. The van der Waals surface area contributed by atoms with Gasteiger partial charge in [0.15, 0.2) is 12.4 Å². The standard InChI is InChI=1S/C31H34O6S2/c1-21-35-28-25(32-18-22-12-6-3-7-13-22)29(36-21)27(34-20-24-16-10-5-11-17-24)30(37-31(38)39-2)26(28)33-19-23-14-8-4-9-15-23/h3-17,21,25-30H,18-20H2,1-2H3/t21?,25?,26-,27-,28-,29+,30?/m1/s1. The Morgan fingerprint density at radius 1 is 0.641 bits per heavy atom. The fourth-order valence-corrected chi connectivity index (χ4v) is 5.39. The number of fused-ring (bicyclic) bond motifs is 2. The van der Waals surface area contributed by atoms with Gasteiger partial charge in [0.2, 0.25) is 4.38 Å². The molecule has 2 bridgehead atoms. The van der Waals surface area contributed by atoms with Crippen LogP contribution in [-0.2, 0) is 48.2 Å². The third-order valence-electron chi connectivity index (χ3n) is 6.90. The van der Waals surface area contributed by atoms with Crippen LogP contribution in [-0.4, -0.2) is 53.6 Å². The maximum absolute atomic E-state index is 6.59. The Balaban J connectivity index is 1.46. The van der Waals surface area contributed by atoms with Crippen LogP contribution in [0.4, 0.5) is 0 Å². The average Bonchev–Trinajstić information content (AvgIpc) is 2.97. The normalized spacial score (nSPS) is 28.1. The van der Waals surface area contributed by atoms with Crippen LogP contribution < -0.4 is 0 Å². The minimum atomic E-state index is -0.559. The number of rotatable bonds is 10. The Morgan fingerprint density at radius 3 is 1.41 bits per heavy atom. The quantitative estimate of drug-likeness (QED) is 0.281. The summed E-state index contributed by atoms with van der Waals surface area (Å²) < 4.78 is 39.2. The van der Waals surface area contributed by atoms with Gasteiger partial charge >= 0.3 is 0 Å². The van der Waals surface area contributed by atoms with Crippen molar-refractivity contribution >= 4 is 28.4 Å². The van der Waals surface area contributed by atoms with Crippen molar-refractivity contribution in [3.63, 3.8) is 0 Å². The van der Waals surface area contributed by atoms with E-state index in [1.54, 1.807) is 0 Å². The fourth-order valence-electron chi connectivity index (χ4n) is 5.07. The lowest BCUT2D eigenvalue weighted by Gasteiger charge is -2.53. The lowest BCUT2D eigenvalue weighted by Crippen LogP contribution is -2.71. The van der Waals surface area contributed by atoms with Gasteiger partial charge in [-0.3, -0.25) is 0 Å². The summed E-state index contributed by atoms with van der Waals surface area (Å²) in [6.07, 6.45) is -1.49. The Hall–Kier alpha value is -2.30. The fraction of sp³-hybridized carbons (Fsp3) is 0.387. The van der Waals surface area contributed by atoms with Gasteiger partial charge in [0.25, 0.3) is 0 Å². The van der Waals surface area contributed by atoms with E-state index in [0.29, 0.717) is 24.2 Å². The molecule has 2 aliphatic rings. The molecule has 0 N–H and O–H groups in total. The summed E-state index contributed by atoms with van der Waals surface area (Å²) in [5.74, 6) is 0. The van der Waals surface area contributed by atoms with E-state index < -0.39 is 42.9 Å². The number of thiocarbonyl (C=S) groups is 1. The third kappa shape index (κ3) is 7.27. The van der Waals surface area contributed by atoms with Crippen LogP contribution in [0.25, 0.3) is 0 Å². The Morgan fingerprint density at radius 2 is 1.03 bits per heavy atom. The smallest absolute Gasteiger partial charge is 0.220 e. The Bertz CT molecular complexity index is 1100. The highest BCUT2D eigenvalue weighted by Crippen LogP contribution is 2.39. The minimum Gasteiger partial charge on any atom is -0.469 e. The monoisotopic (exact) mass is 566 g/mol. The molecule has 5 rings (SSSR count). The SMILES string of the molecule is CSC(=S)OC1[C@H](OCc2ccccc2)[C@@H]2OC(C)O[C@@H](C2OCc2ccccc2)[C@H]1OCc1ccccc1. The Kier molecular flexibility index (Phi) is 10.0. The summed E-state index contributed by atoms with van der Waals surface area (Å²) in [7, 11) is 0. The van der Waals surface area contributed by atoms with E-state index in [-0.39, 0.29) is 0 Å². The van der Waals surface area contributed by atoms with Crippen molar-refractivity contribution < 1.29 is 28.4 Å². The summed E-state index contributed by atoms with van der Waals surface area (Å²) in [4.78, 5) is 0. The molecule has 2 fully saturated rings. The molecule has 8 heteroatoms. The molecule has 7 atom stereocenters. The maximum Gasteiger partial charge on any atom is 0.220 e. The van der Waals surface area contributed by atoms with Crippen LogP contribution in [0.15, 0.2) is 91.0 Å². The van der Waals surface area contributed by atoms with Crippen LogP contribution in [0.2, 0.25) is 0 Å². The molecule has 0 spiro atoms. The van der Waals surface area contributed by atoms with E-state index in [0.717, 1.165) is 16.7 Å². The predicted molar refractivity (Wildman–Crippen MR) is 155 cm³/mol. The van der Waals surface area contributed by atoms with E-state index >= 15 is 0 Å². The third-order valence-corrected chi connectivity index (χ3v) is 7.92. The van der Waals surface area contributed by atoms with E-state index in [1.807, 2.05) is 104 Å². The van der Waals surface area contributed by atoms with E-state index in [1.165, 1.54) is 11.8 Å². The van der Waals surface area contributed by atoms with Gasteiger partial charge in [0, 0.05) is 0 Å².